The van der Waals surface area contributed by atoms with Crippen LogP contribution in [0.4, 0.5) is 14.5 Å². The lowest BCUT2D eigenvalue weighted by Gasteiger charge is -1.97. The molecule has 0 amide bonds. The molecule has 15 heavy (non-hydrogen) atoms. The van der Waals surface area contributed by atoms with Crippen LogP contribution in [0.2, 0.25) is 0 Å². The summed E-state index contributed by atoms with van der Waals surface area (Å²) in [7, 11) is 0. The quantitative estimate of drug-likeness (QED) is 0.571. The lowest BCUT2D eigenvalue weighted by Crippen LogP contribution is -2.07. The molecule has 0 atom stereocenters. The Hall–Kier alpha value is -1.53. The Labute approximate surface area is 83.8 Å². The van der Waals surface area contributed by atoms with Crippen LogP contribution in [-0.4, -0.2) is 21.1 Å². The third-order valence-electron chi connectivity index (χ3n) is 2.26. The second-order valence-electron chi connectivity index (χ2n) is 3.54. The number of rotatable bonds is 4. The summed E-state index contributed by atoms with van der Waals surface area (Å²) < 4.78 is 25.1. The highest BCUT2D eigenvalue weighted by Gasteiger charge is 2.34. The second kappa shape index (κ2) is 3.56. The average molecular weight is 217 g/mol. The van der Waals surface area contributed by atoms with Gasteiger partial charge in [0.15, 0.2) is 0 Å². The molecule has 0 bridgehead atoms. The first-order valence-corrected chi connectivity index (χ1v) is 4.58. The van der Waals surface area contributed by atoms with E-state index in [2.05, 4.69) is 5.10 Å². The molecule has 0 unspecified atom stereocenters. The first-order valence-electron chi connectivity index (χ1n) is 4.58. The molecular weight excluding hydrogens is 208 g/mol. The number of hydrogen-bond acceptors (Lipinski definition) is 3. The maximum absolute atomic E-state index is 12.0. The molecule has 7 heteroatoms. The van der Waals surface area contributed by atoms with Gasteiger partial charge in [-0.1, -0.05) is 0 Å². The van der Waals surface area contributed by atoms with Gasteiger partial charge in [-0.25, -0.2) is 8.78 Å². The molecule has 0 radical (unpaired) electrons. The second-order valence-corrected chi connectivity index (χ2v) is 3.54. The fourth-order valence-corrected chi connectivity index (χ4v) is 1.45. The normalized spacial score (nSPS) is 15.9. The number of nitrogens with zero attached hydrogens (tertiary/aromatic N) is 3. The zero-order chi connectivity index (χ0) is 11.0. The van der Waals surface area contributed by atoms with Crippen LogP contribution in [0.15, 0.2) is 6.20 Å². The van der Waals surface area contributed by atoms with Crippen LogP contribution in [0.25, 0.3) is 0 Å². The molecule has 0 aliphatic heterocycles. The van der Waals surface area contributed by atoms with Crippen LogP contribution in [-0.2, 0) is 6.54 Å². The molecule has 1 saturated carbocycles. The average Bonchev–Trinajstić information content (AvgIpc) is 2.87. The minimum atomic E-state index is -2.54. The predicted molar refractivity (Wildman–Crippen MR) is 46.9 cm³/mol. The van der Waals surface area contributed by atoms with Gasteiger partial charge in [0, 0.05) is 5.92 Å². The molecule has 0 spiro atoms. The molecule has 82 valence electrons. The van der Waals surface area contributed by atoms with E-state index < -0.39 is 17.9 Å². The monoisotopic (exact) mass is 217 g/mol. The van der Waals surface area contributed by atoms with Gasteiger partial charge in [-0.05, 0) is 12.8 Å². The summed E-state index contributed by atoms with van der Waals surface area (Å²) in [6, 6.07) is 0. The molecule has 1 aromatic heterocycles. The molecule has 2 rings (SSSR count). The van der Waals surface area contributed by atoms with E-state index in [0.29, 0.717) is 5.69 Å². The molecule has 0 N–H and O–H groups in total. The van der Waals surface area contributed by atoms with Crippen molar-refractivity contribution in [2.75, 3.05) is 0 Å². The van der Waals surface area contributed by atoms with E-state index in [1.54, 1.807) is 0 Å². The fourth-order valence-electron chi connectivity index (χ4n) is 1.45. The topological polar surface area (TPSA) is 61.0 Å². The summed E-state index contributed by atoms with van der Waals surface area (Å²) in [5, 5.41) is 14.4. The maximum Gasteiger partial charge on any atom is 0.310 e. The highest BCUT2D eigenvalue weighted by atomic mass is 19.3. The van der Waals surface area contributed by atoms with Gasteiger partial charge in [0.1, 0.15) is 18.4 Å². The summed E-state index contributed by atoms with van der Waals surface area (Å²) >= 11 is 0. The lowest BCUT2D eigenvalue weighted by atomic mass is 10.3. The van der Waals surface area contributed by atoms with Gasteiger partial charge in [-0.15, -0.1) is 0 Å². The van der Waals surface area contributed by atoms with Crippen molar-refractivity contribution in [3.8, 4) is 0 Å². The third kappa shape index (κ3) is 2.11. The fraction of sp³-hybridized carbons (Fsp3) is 0.625. The number of halogens is 2. The van der Waals surface area contributed by atoms with E-state index in [9.17, 15) is 18.9 Å². The van der Waals surface area contributed by atoms with Crippen molar-refractivity contribution < 1.29 is 13.7 Å². The van der Waals surface area contributed by atoms with Crippen LogP contribution >= 0.6 is 0 Å². The Balaban J connectivity index is 2.27. The van der Waals surface area contributed by atoms with Crippen molar-refractivity contribution in [3.05, 3.63) is 22.0 Å². The minimum absolute atomic E-state index is 0.0873. The molecule has 1 heterocycles. The molecule has 0 saturated heterocycles. The van der Waals surface area contributed by atoms with Crippen molar-refractivity contribution in [1.29, 1.82) is 0 Å². The van der Waals surface area contributed by atoms with Crippen LogP contribution < -0.4 is 0 Å². The Morgan fingerprint density at radius 3 is 2.80 bits per heavy atom. The number of hydrogen-bond donors (Lipinski definition) is 0. The lowest BCUT2D eigenvalue weighted by molar-refractivity contribution is -0.385. The van der Waals surface area contributed by atoms with E-state index in [4.69, 9.17) is 0 Å². The van der Waals surface area contributed by atoms with Gasteiger partial charge in [-0.2, -0.15) is 5.10 Å². The third-order valence-corrected chi connectivity index (χ3v) is 2.26. The maximum atomic E-state index is 12.0. The molecule has 5 nitrogen and oxygen atoms in total. The van der Waals surface area contributed by atoms with E-state index in [0.717, 1.165) is 23.7 Å². The highest BCUT2D eigenvalue weighted by Crippen LogP contribution is 2.43. The van der Waals surface area contributed by atoms with Crippen molar-refractivity contribution in [3.63, 3.8) is 0 Å². The number of nitro groups is 1. The van der Waals surface area contributed by atoms with Gasteiger partial charge in [0.25, 0.3) is 6.43 Å². The molecule has 0 aromatic carbocycles. The van der Waals surface area contributed by atoms with Gasteiger partial charge < -0.3 is 0 Å². The molecule has 1 aromatic rings. The van der Waals surface area contributed by atoms with Crippen LogP contribution in [0.1, 0.15) is 24.5 Å². The Kier molecular flexibility index (Phi) is 2.37. The summed E-state index contributed by atoms with van der Waals surface area (Å²) in [6.07, 6.45) is 0.246. The van der Waals surface area contributed by atoms with Gasteiger partial charge >= 0.3 is 5.69 Å². The highest BCUT2D eigenvalue weighted by molar-refractivity contribution is 5.37. The minimum Gasteiger partial charge on any atom is -0.260 e. The van der Waals surface area contributed by atoms with Gasteiger partial charge in [0.05, 0.1) is 4.92 Å². The summed E-state index contributed by atoms with van der Waals surface area (Å²) in [6.45, 7) is -0.590. The zero-order valence-electron chi connectivity index (χ0n) is 7.77. The van der Waals surface area contributed by atoms with Crippen molar-refractivity contribution in [2.24, 2.45) is 0 Å². The SMILES string of the molecule is O=[N+]([O-])c1cn(CC(F)F)nc1C1CC1. The van der Waals surface area contributed by atoms with E-state index in [-0.39, 0.29) is 11.6 Å². The zero-order valence-corrected chi connectivity index (χ0v) is 7.77. The number of alkyl halides is 2. The van der Waals surface area contributed by atoms with Gasteiger partial charge in [0.2, 0.25) is 0 Å². The standard InChI is InChI=1S/C8H9F2N3O2/c9-7(10)4-12-3-6(13(14)15)8(11-12)5-1-2-5/h3,5,7H,1-2,4H2. The summed E-state index contributed by atoms with van der Waals surface area (Å²) in [5.41, 5.74) is 0.207. The molecule has 1 fully saturated rings. The summed E-state index contributed by atoms with van der Waals surface area (Å²) in [5.74, 6) is 0.0873. The Morgan fingerprint density at radius 2 is 2.33 bits per heavy atom. The Morgan fingerprint density at radius 1 is 1.67 bits per heavy atom. The smallest absolute Gasteiger partial charge is 0.260 e. The molecule has 1 aliphatic rings. The molecule has 1 aliphatic carbocycles. The van der Waals surface area contributed by atoms with E-state index in [1.807, 2.05) is 0 Å². The van der Waals surface area contributed by atoms with Crippen LogP contribution in [0, 0.1) is 10.1 Å². The van der Waals surface area contributed by atoms with Crippen molar-refractivity contribution in [2.45, 2.75) is 31.7 Å². The number of aromatic nitrogens is 2. The van der Waals surface area contributed by atoms with Crippen molar-refractivity contribution in [1.82, 2.24) is 9.78 Å². The summed E-state index contributed by atoms with van der Waals surface area (Å²) in [4.78, 5) is 10.1. The largest absolute Gasteiger partial charge is 0.310 e. The van der Waals surface area contributed by atoms with Crippen molar-refractivity contribution >= 4 is 5.69 Å². The van der Waals surface area contributed by atoms with Crippen LogP contribution in [0.3, 0.4) is 0 Å². The first-order chi connectivity index (χ1) is 7.08. The van der Waals surface area contributed by atoms with Gasteiger partial charge in [-0.3, -0.25) is 14.8 Å². The van der Waals surface area contributed by atoms with E-state index in [1.165, 1.54) is 0 Å². The predicted octanol–water partition coefficient (Wildman–Crippen LogP) is 1.93. The first kappa shape index (κ1) is 10.0. The van der Waals surface area contributed by atoms with E-state index >= 15 is 0 Å². The Bertz CT molecular complexity index is 387. The molecular formula is C8H9F2N3O2. The van der Waals surface area contributed by atoms with Crippen LogP contribution in [0.5, 0.6) is 0 Å².